The second-order valence-corrected chi connectivity index (χ2v) is 4.18. The number of benzene rings is 1. The highest BCUT2D eigenvalue weighted by molar-refractivity contribution is 7.84. The summed E-state index contributed by atoms with van der Waals surface area (Å²) < 4.78 is 31.6. The van der Waals surface area contributed by atoms with Gasteiger partial charge in [0.25, 0.3) is 0 Å². The summed E-state index contributed by atoms with van der Waals surface area (Å²) in [6.07, 6.45) is 2.51. The molecular formula is C9H8N2O3S. The van der Waals surface area contributed by atoms with E-state index in [1.807, 2.05) is 6.07 Å². The summed E-state index contributed by atoms with van der Waals surface area (Å²) in [6.45, 7) is 0. The second kappa shape index (κ2) is 3.48. The van der Waals surface area contributed by atoms with Gasteiger partial charge in [0.15, 0.2) is 5.82 Å². The van der Waals surface area contributed by atoms with Crippen LogP contribution in [0.2, 0.25) is 0 Å². The number of aromatic nitrogens is 2. The van der Waals surface area contributed by atoms with Gasteiger partial charge in [-0.3, -0.25) is 4.55 Å². The molecule has 5 nitrogen and oxygen atoms in total. The molecule has 2 aromatic rings. The Labute approximate surface area is 86.9 Å². The molecule has 0 spiro atoms. The minimum absolute atomic E-state index is 0.193. The lowest BCUT2D eigenvalue weighted by molar-refractivity contribution is 0.473. The zero-order valence-corrected chi connectivity index (χ0v) is 8.42. The van der Waals surface area contributed by atoms with Crippen molar-refractivity contribution in [3.63, 3.8) is 0 Å². The van der Waals surface area contributed by atoms with Crippen LogP contribution in [0.15, 0.2) is 42.7 Å². The largest absolute Gasteiger partial charge is 0.365 e. The molecule has 15 heavy (non-hydrogen) atoms. The molecule has 0 bridgehead atoms. The molecule has 6 heteroatoms. The molecule has 0 radical (unpaired) electrons. The van der Waals surface area contributed by atoms with Crippen molar-refractivity contribution in [1.82, 2.24) is 8.96 Å². The van der Waals surface area contributed by atoms with Crippen LogP contribution in [0.1, 0.15) is 0 Å². The van der Waals surface area contributed by atoms with Crippen LogP contribution in [0, 0.1) is 0 Å². The molecule has 0 aliphatic heterocycles. The van der Waals surface area contributed by atoms with Gasteiger partial charge in [0.2, 0.25) is 0 Å². The Morgan fingerprint density at radius 1 is 1.20 bits per heavy atom. The molecule has 0 saturated heterocycles. The normalized spacial score (nSPS) is 11.5. The van der Waals surface area contributed by atoms with Crippen LogP contribution in [0.3, 0.4) is 0 Å². The number of hydrogen-bond acceptors (Lipinski definition) is 3. The topological polar surface area (TPSA) is 72.2 Å². The Bertz CT molecular complexity index is 560. The molecule has 0 saturated carbocycles. The smallest absolute Gasteiger partial charge is 0.269 e. The van der Waals surface area contributed by atoms with Crippen LogP contribution < -0.4 is 0 Å². The predicted molar refractivity (Wildman–Crippen MR) is 54.6 cm³/mol. The summed E-state index contributed by atoms with van der Waals surface area (Å²) in [7, 11) is -4.28. The van der Waals surface area contributed by atoms with Crippen molar-refractivity contribution in [3.8, 4) is 11.4 Å². The molecule has 1 N–H and O–H groups in total. The van der Waals surface area contributed by atoms with Crippen LogP contribution in [0.4, 0.5) is 0 Å². The molecule has 0 aliphatic carbocycles. The lowest BCUT2D eigenvalue weighted by Gasteiger charge is -2.03. The van der Waals surface area contributed by atoms with Crippen LogP contribution in [-0.4, -0.2) is 21.9 Å². The molecule has 0 unspecified atom stereocenters. The summed E-state index contributed by atoms with van der Waals surface area (Å²) in [5.41, 5.74) is 0.625. The van der Waals surface area contributed by atoms with Gasteiger partial charge in [-0.05, 0) is 0 Å². The molecule has 1 heterocycles. The van der Waals surface area contributed by atoms with E-state index in [1.165, 1.54) is 12.4 Å². The zero-order valence-electron chi connectivity index (χ0n) is 7.61. The second-order valence-electron chi connectivity index (χ2n) is 2.89. The van der Waals surface area contributed by atoms with Crippen molar-refractivity contribution >= 4 is 10.3 Å². The van der Waals surface area contributed by atoms with Gasteiger partial charge in [-0.15, -0.1) is 0 Å². The van der Waals surface area contributed by atoms with Crippen molar-refractivity contribution in [2.24, 2.45) is 0 Å². The first-order valence-electron chi connectivity index (χ1n) is 4.16. The van der Waals surface area contributed by atoms with Crippen LogP contribution in [-0.2, 0) is 10.3 Å². The Balaban J connectivity index is 2.61. The number of rotatable bonds is 2. The molecule has 0 atom stereocenters. The van der Waals surface area contributed by atoms with Crippen molar-refractivity contribution in [2.75, 3.05) is 0 Å². The fraction of sp³-hybridized carbons (Fsp3) is 0. The van der Waals surface area contributed by atoms with E-state index in [0.717, 1.165) is 3.97 Å². The van der Waals surface area contributed by atoms with E-state index < -0.39 is 10.3 Å². The van der Waals surface area contributed by atoms with Gasteiger partial charge in [-0.2, -0.15) is 8.42 Å². The van der Waals surface area contributed by atoms with Crippen LogP contribution in [0.25, 0.3) is 11.4 Å². The third-order valence-corrected chi connectivity index (χ3v) is 2.68. The lowest BCUT2D eigenvalue weighted by Crippen LogP contribution is -2.11. The maximum absolute atomic E-state index is 11.0. The Kier molecular flexibility index (Phi) is 2.29. The first kappa shape index (κ1) is 9.88. The van der Waals surface area contributed by atoms with E-state index in [4.69, 9.17) is 4.55 Å². The van der Waals surface area contributed by atoms with E-state index in [9.17, 15) is 8.42 Å². The monoisotopic (exact) mass is 224 g/mol. The van der Waals surface area contributed by atoms with Crippen molar-refractivity contribution in [2.45, 2.75) is 0 Å². The van der Waals surface area contributed by atoms with Gasteiger partial charge in [0.05, 0.1) is 0 Å². The minimum atomic E-state index is -4.28. The minimum Gasteiger partial charge on any atom is -0.269 e. The van der Waals surface area contributed by atoms with Crippen LogP contribution in [0.5, 0.6) is 0 Å². The first-order valence-corrected chi connectivity index (χ1v) is 5.55. The van der Waals surface area contributed by atoms with Gasteiger partial charge in [0.1, 0.15) is 0 Å². The van der Waals surface area contributed by atoms with Crippen LogP contribution >= 0.6 is 0 Å². The third kappa shape index (κ3) is 1.90. The standard InChI is InChI=1S/C9H8N2O3S/c12-15(13,14)11-7-6-10-9(11)8-4-2-1-3-5-8/h1-7H,(H,12,13,14). The Morgan fingerprint density at radius 2 is 1.87 bits per heavy atom. The third-order valence-electron chi connectivity index (χ3n) is 1.89. The highest BCUT2D eigenvalue weighted by atomic mass is 32.2. The SMILES string of the molecule is O=S(=O)(O)n1ccnc1-c1ccccc1. The Morgan fingerprint density at radius 3 is 2.47 bits per heavy atom. The fourth-order valence-electron chi connectivity index (χ4n) is 1.27. The number of imidazole rings is 1. The summed E-state index contributed by atoms with van der Waals surface area (Å²) in [5.74, 6) is 0.193. The molecule has 0 fully saturated rings. The lowest BCUT2D eigenvalue weighted by atomic mass is 10.2. The summed E-state index contributed by atoms with van der Waals surface area (Å²) >= 11 is 0. The average Bonchev–Trinajstić information content (AvgIpc) is 2.67. The summed E-state index contributed by atoms with van der Waals surface area (Å²) in [4.78, 5) is 3.88. The van der Waals surface area contributed by atoms with Crippen molar-refractivity contribution in [1.29, 1.82) is 0 Å². The van der Waals surface area contributed by atoms with Gasteiger partial charge in [0, 0.05) is 18.0 Å². The quantitative estimate of drug-likeness (QED) is 0.778. The van der Waals surface area contributed by atoms with E-state index in [1.54, 1.807) is 24.3 Å². The Hall–Kier alpha value is -1.66. The van der Waals surface area contributed by atoms with E-state index >= 15 is 0 Å². The highest BCUT2D eigenvalue weighted by Gasteiger charge is 2.14. The molecule has 1 aromatic heterocycles. The first-order chi connectivity index (χ1) is 7.09. The summed E-state index contributed by atoms with van der Waals surface area (Å²) in [6, 6.07) is 8.76. The molecular weight excluding hydrogens is 216 g/mol. The van der Waals surface area contributed by atoms with Gasteiger partial charge in [-0.1, -0.05) is 30.3 Å². The highest BCUT2D eigenvalue weighted by Crippen LogP contribution is 2.17. The van der Waals surface area contributed by atoms with E-state index in [-0.39, 0.29) is 5.82 Å². The maximum Gasteiger partial charge on any atom is 0.365 e. The molecule has 78 valence electrons. The zero-order chi connectivity index (χ0) is 10.9. The van der Waals surface area contributed by atoms with Gasteiger partial charge in [-0.25, -0.2) is 8.96 Å². The predicted octanol–water partition coefficient (Wildman–Crippen LogP) is 1.20. The molecule has 1 aromatic carbocycles. The number of hydrogen-bond donors (Lipinski definition) is 1. The molecule has 0 amide bonds. The van der Waals surface area contributed by atoms with Gasteiger partial charge < -0.3 is 0 Å². The summed E-state index contributed by atoms with van der Waals surface area (Å²) in [5, 5.41) is 0. The fourth-order valence-corrected chi connectivity index (χ4v) is 1.85. The van der Waals surface area contributed by atoms with Crippen molar-refractivity contribution in [3.05, 3.63) is 42.7 Å². The maximum atomic E-state index is 11.0. The van der Waals surface area contributed by atoms with Gasteiger partial charge >= 0.3 is 10.3 Å². The van der Waals surface area contributed by atoms with E-state index in [0.29, 0.717) is 5.56 Å². The molecule has 0 aliphatic rings. The number of nitrogens with zero attached hydrogens (tertiary/aromatic N) is 2. The average molecular weight is 224 g/mol. The molecule has 2 rings (SSSR count). The van der Waals surface area contributed by atoms with Crippen molar-refractivity contribution < 1.29 is 13.0 Å². The van der Waals surface area contributed by atoms with E-state index in [2.05, 4.69) is 4.98 Å².